The van der Waals surface area contributed by atoms with Crippen molar-refractivity contribution in [1.82, 2.24) is 10.3 Å². The predicted molar refractivity (Wildman–Crippen MR) is 59.3 cm³/mol. The second kappa shape index (κ2) is 4.88. The molecule has 1 unspecified atom stereocenters. The molecule has 1 heterocycles. The average molecular weight is 256 g/mol. The van der Waals surface area contributed by atoms with Gasteiger partial charge in [0.25, 0.3) is 11.5 Å². The number of aromatic amines is 1. The van der Waals surface area contributed by atoms with E-state index in [1.54, 1.807) is 0 Å². The second-order valence-corrected chi connectivity index (χ2v) is 3.88. The zero-order chi connectivity index (χ0) is 13.9. The SMILES string of the molecule is CC(O)(CNC(=O)c1cc(O)[nH]c(=O)c1)C(=O)O. The summed E-state index contributed by atoms with van der Waals surface area (Å²) >= 11 is 0. The molecule has 1 amide bonds. The van der Waals surface area contributed by atoms with Crippen LogP contribution in [-0.2, 0) is 4.79 Å². The van der Waals surface area contributed by atoms with Crippen LogP contribution in [0, 0.1) is 0 Å². The fraction of sp³-hybridized carbons (Fsp3) is 0.300. The molecule has 98 valence electrons. The van der Waals surface area contributed by atoms with E-state index in [0.29, 0.717) is 0 Å². The van der Waals surface area contributed by atoms with Gasteiger partial charge >= 0.3 is 5.97 Å². The molecular formula is C10H12N2O6. The van der Waals surface area contributed by atoms with Crippen LogP contribution in [0.1, 0.15) is 17.3 Å². The number of nitrogens with one attached hydrogen (secondary N) is 2. The number of carbonyl (C=O) groups is 2. The Morgan fingerprint density at radius 1 is 1.44 bits per heavy atom. The molecule has 0 saturated heterocycles. The minimum absolute atomic E-state index is 0.141. The summed E-state index contributed by atoms with van der Waals surface area (Å²) in [7, 11) is 0. The molecule has 18 heavy (non-hydrogen) atoms. The van der Waals surface area contributed by atoms with Gasteiger partial charge in [-0.2, -0.15) is 0 Å². The van der Waals surface area contributed by atoms with Gasteiger partial charge < -0.3 is 20.6 Å². The Morgan fingerprint density at radius 3 is 2.56 bits per heavy atom. The van der Waals surface area contributed by atoms with E-state index >= 15 is 0 Å². The summed E-state index contributed by atoms with van der Waals surface area (Å²) in [5.41, 5.74) is -2.93. The van der Waals surface area contributed by atoms with Gasteiger partial charge in [0.1, 0.15) is 0 Å². The van der Waals surface area contributed by atoms with E-state index in [2.05, 4.69) is 5.32 Å². The first-order valence-electron chi connectivity index (χ1n) is 4.90. The first kappa shape index (κ1) is 13.7. The van der Waals surface area contributed by atoms with Crippen molar-refractivity contribution >= 4 is 11.9 Å². The molecule has 0 aliphatic rings. The van der Waals surface area contributed by atoms with Crippen molar-refractivity contribution in [1.29, 1.82) is 0 Å². The van der Waals surface area contributed by atoms with Crippen LogP contribution in [0.15, 0.2) is 16.9 Å². The standard InChI is InChI=1S/C10H12N2O6/c1-10(18,9(16)17)4-11-8(15)5-2-6(13)12-7(14)3-5/h2-3,18H,4H2,1H3,(H,11,15)(H,16,17)(H2,12,13,14). The van der Waals surface area contributed by atoms with Crippen LogP contribution in [0.2, 0.25) is 0 Å². The lowest BCUT2D eigenvalue weighted by molar-refractivity contribution is -0.155. The number of aromatic hydroxyl groups is 1. The highest BCUT2D eigenvalue weighted by molar-refractivity contribution is 5.94. The summed E-state index contributed by atoms with van der Waals surface area (Å²) in [6.07, 6.45) is 0. The lowest BCUT2D eigenvalue weighted by Gasteiger charge is -2.18. The summed E-state index contributed by atoms with van der Waals surface area (Å²) < 4.78 is 0. The molecule has 0 radical (unpaired) electrons. The van der Waals surface area contributed by atoms with Crippen LogP contribution in [0.25, 0.3) is 0 Å². The number of rotatable bonds is 4. The van der Waals surface area contributed by atoms with E-state index < -0.39 is 35.5 Å². The molecule has 5 N–H and O–H groups in total. The van der Waals surface area contributed by atoms with Crippen molar-refractivity contribution < 1.29 is 24.9 Å². The molecule has 0 aromatic carbocycles. The number of carboxylic acid groups (broad SMARTS) is 1. The largest absolute Gasteiger partial charge is 0.494 e. The van der Waals surface area contributed by atoms with Gasteiger partial charge in [-0.3, -0.25) is 14.6 Å². The number of hydrogen-bond donors (Lipinski definition) is 5. The molecule has 1 rings (SSSR count). The molecule has 0 bridgehead atoms. The molecule has 0 spiro atoms. The highest BCUT2D eigenvalue weighted by Crippen LogP contribution is 2.05. The summed E-state index contributed by atoms with van der Waals surface area (Å²) in [6.45, 7) is 0.486. The number of carboxylic acids is 1. The van der Waals surface area contributed by atoms with Crippen LogP contribution in [0.3, 0.4) is 0 Å². The molecule has 0 saturated carbocycles. The predicted octanol–water partition coefficient (Wildman–Crippen LogP) is -1.35. The van der Waals surface area contributed by atoms with Gasteiger partial charge in [-0.1, -0.05) is 0 Å². The van der Waals surface area contributed by atoms with Crippen LogP contribution >= 0.6 is 0 Å². The number of pyridine rings is 1. The maximum Gasteiger partial charge on any atom is 0.337 e. The lowest BCUT2D eigenvalue weighted by Crippen LogP contribution is -2.46. The molecule has 8 nitrogen and oxygen atoms in total. The van der Waals surface area contributed by atoms with E-state index in [4.69, 9.17) is 10.2 Å². The summed E-state index contributed by atoms with van der Waals surface area (Å²) in [5.74, 6) is -2.76. The molecule has 1 atom stereocenters. The van der Waals surface area contributed by atoms with Crippen LogP contribution in [0.5, 0.6) is 5.88 Å². The number of hydrogen-bond acceptors (Lipinski definition) is 5. The molecule has 0 aliphatic heterocycles. The average Bonchev–Trinajstić information content (AvgIpc) is 2.24. The zero-order valence-electron chi connectivity index (χ0n) is 9.43. The molecular weight excluding hydrogens is 244 g/mol. The van der Waals surface area contributed by atoms with Crippen molar-refractivity contribution in [3.63, 3.8) is 0 Å². The maximum absolute atomic E-state index is 11.5. The van der Waals surface area contributed by atoms with Crippen LogP contribution < -0.4 is 10.9 Å². The first-order chi connectivity index (χ1) is 8.22. The third kappa shape index (κ3) is 3.32. The number of carbonyl (C=O) groups excluding carboxylic acids is 1. The van der Waals surface area contributed by atoms with Gasteiger partial charge in [0.05, 0.1) is 12.1 Å². The molecule has 8 heteroatoms. The Morgan fingerprint density at radius 2 is 2.06 bits per heavy atom. The zero-order valence-corrected chi connectivity index (χ0v) is 9.43. The Labute approximate surface area is 101 Å². The van der Waals surface area contributed by atoms with Crippen molar-refractivity contribution in [2.75, 3.05) is 6.54 Å². The smallest absolute Gasteiger partial charge is 0.337 e. The van der Waals surface area contributed by atoms with E-state index in [-0.39, 0.29) is 5.56 Å². The third-order valence-corrected chi connectivity index (χ3v) is 2.15. The van der Waals surface area contributed by atoms with Gasteiger partial charge in [0.2, 0.25) is 0 Å². The Kier molecular flexibility index (Phi) is 3.72. The van der Waals surface area contributed by atoms with E-state index in [1.165, 1.54) is 0 Å². The monoisotopic (exact) mass is 256 g/mol. The molecule has 1 aromatic rings. The van der Waals surface area contributed by atoms with Gasteiger partial charge in [-0.25, -0.2) is 4.79 Å². The second-order valence-electron chi connectivity index (χ2n) is 3.88. The lowest BCUT2D eigenvalue weighted by atomic mass is 10.1. The molecule has 1 aromatic heterocycles. The number of aromatic nitrogens is 1. The summed E-state index contributed by atoms with van der Waals surface area (Å²) in [5, 5.41) is 29.2. The highest BCUT2D eigenvalue weighted by atomic mass is 16.4. The molecule has 0 fully saturated rings. The topological polar surface area (TPSA) is 140 Å². The Balaban J connectivity index is 2.78. The van der Waals surface area contributed by atoms with Gasteiger partial charge in [-0.15, -0.1) is 0 Å². The van der Waals surface area contributed by atoms with Gasteiger partial charge in [0, 0.05) is 12.1 Å². The number of amides is 1. The minimum Gasteiger partial charge on any atom is -0.494 e. The van der Waals surface area contributed by atoms with Crippen LogP contribution in [-0.4, -0.2) is 44.3 Å². The van der Waals surface area contributed by atoms with Gasteiger partial charge in [-0.05, 0) is 6.92 Å². The molecule has 0 aliphatic carbocycles. The van der Waals surface area contributed by atoms with Crippen molar-refractivity contribution in [2.45, 2.75) is 12.5 Å². The van der Waals surface area contributed by atoms with Crippen LogP contribution in [0.4, 0.5) is 0 Å². The Bertz CT molecular complexity index is 533. The van der Waals surface area contributed by atoms with Gasteiger partial charge in [0.15, 0.2) is 11.5 Å². The first-order valence-corrected chi connectivity index (χ1v) is 4.90. The maximum atomic E-state index is 11.5. The van der Waals surface area contributed by atoms with Crippen molar-refractivity contribution in [3.8, 4) is 5.88 Å². The third-order valence-electron chi connectivity index (χ3n) is 2.15. The van der Waals surface area contributed by atoms with E-state index in [1.807, 2.05) is 4.98 Å². The van der Waals surface area contributed by atoms with E-state index in [9.17, 15) is 19.5 Å². The fourth-order valence-corrected chi connectivity index (χ4v) is 1.09. The quantitative estimate of drug-likeness (QED) is 0.451. The fourth-order valence-electron chi connectivity index (χ4n) is 1.09. The van der Waals surface area contributed by atoms with Crippen molar-refractivity contribution in [2.24, 2.45) is 0 Å². The summed E-state index contributed by atoms with van der Waals surface area (Å²) in [4.78, 5) is 35.1. The highest BCUT2D eigenvalue weighted by Gasteiger charge is 2.30. The number of H-pyrrole nitrogens is 1. The van der Waals surface area contributed by atoms with Crippen molar-refractivity contribution in [3.05, 3.63) is 28.0 Å². The normalized spacial score (nSPS) is 13.7. The number of aliphatic hydroxyl groups is 1. The minimum atomic E-state index is -2.11. The number of aliphatic carboxylic acids is 1. The Hall–Kier alpha value is -2.35. The van der Waals surface area contributed by atoms with E-state index in [0.717, 1.165) is 19.1 Å². The summed E-state index contributed by atoms with van der Waals surface area (Å²) in [6, 6.07) is 1.94.